The predicted octanol–water partition coefficient (Wildman–Crippen LogP) is 4.43. The van der Waals surface area contributed by atoms with Crippen molar-refractivity contribution in [3.05, 3.63) is 35.1 Å². The zero-order chi connectivity index (χ0) is 15.7. The minimum absolute atomic E-state index is 0. The molecule has 1 atom stereocenters. The van der Waals surface area contributed by atoms with Crippen LogP contribution in [0.25, 0.3) is 0 Å². The maximum atomic E-state index is 13.4. The fourth-order valence-corrected chi connectivity index (χ4v) is 3.50. The van der Waals surface area contributed by atoms with Crippen LogP contribution in [0.15, 0.2) is 18.2 Å². The summed E-state index contributed by atoms with van der Waals surface area (Å²) in [4.78, 5) is 2.13. The molecule has 1 heterocycles. The van der Waals surface area contributed by atoms with Crippen molar-refractivity contribution in [3.63, 3.8) is 0 Å². The van der Waals surface area contributed by atoms with Crippen molar-refractivity contribution >= 4 is 24.8 Å². The van der Waals surface area contributed by atoms with Crippen LogP contribution in [0.5, 0.6) is 0 Å². The highest BCUT2D eigenvalue weighted by Crippen LogP contribution is 2.45. The van der Waals surface area contributed by atoms with Crippen LogP contribution in [0.4, 0.5) is 17.6 Å². The molecule has 2 aliphatic rings. The second-order valence-electron chi connectivity index (χ2n) is 6.15. The van der Waals surface area contributed by atoms with Crippen LogP contribution in [0.3, 0.4) is 0 Å². The fourth-order valence-electron chi connectivity index (χ4n) is 3.50. The molecule has 0 aromatic heterocycles. The molecule has 0 radical (unpaired) electrons. The molecule has 2 fully saturated rings. The number of hydrogen-bond donors (Lipinski definition) is 1. The lowest BCUT2D eigenvalue weighted by Crippen LogP contribution is -2.48. The Hall–Kier alpha value is -0.560. The van der Waals surface area contributed by atoms with Crippen LogP contribution in [-0.2, 0) is 6.18 Å². The average molecular weight is 389 g/mol. The van der Waals surface area contributed by atoms with Crippen molar-refractivity contribution in [3.8, 4) is 0 Å². The van der Waals surface area contributed by atoms with E-state index >= 15 is 0 Å². The molecule has 1 aromatic carbocycles. The highest BCUT2D eigenvalue weighted by Gasteiger charge is 2.41. The molecule has 3 rings (SSSR count). The van der Waals surface area contributed by atoms with Gasteiger partial charge in [-0.1, -0.05) is 12.5 Å². The van der Waals surface area contributed by atoms with E-state index in [1.807, 2.05) is 0 Å². The van der Waals surface area contributed by atoms with E-state index in [9.17, 15) is 17.6 Å². The minimum Gasteiger partial charge on any atom is -0.314 e. The van der Waals surface area contributed by atoms with Gasteiger partial charge in [0.1, 0.15) is 5.82 Å². The summed E-state index contributed by atoms with van der Waals surface area (Å²) in [5, 5.41) is 3.23. The van der Waals surface area contributed by atoms with E-state index in [0.717, 1.165) is 51.5 Å². The van der Waals surface area contributed by atoms with Gasteiger partial charge in [0.15, 0.2) is 0 Å². The number of nitrogens with one attached hydrogen (secondary N) is 1. The fraction of sp³-hybridized carbons (Fsp3) is 0.625. The molecule has 1 N–H and O–H groups in total. The topological polar surface area (TPSA) is 15.3 Å². The van der Waals surface area contributed by atoms with Crippen LogP contribution < -0.4 is 5.32 Å². The molecular formula is C16H22Cl2F4N2. The highest BCUT2D eigenvalue weighted by molar-refractivity contribution is 5.85. The van der Waals surface area contributed by atoms with Gasteiger partial charge in [0, 0.05) is 32.2 Å². The van der Waals surface area contributed by atoms with Gasteiger partial charge in [0.05, 0.1) is 5.56 Å². The zero-order valence-electron chi connectivity index (χ0n) is 13.1. The Bertz CT molecular complexity index is 529. The highest BCUT2D eigenvalue weighted by atomic mass is 35.5. The number of nitrogens with zero attached hydrogens (tertiary/aromatic N) is 1. The smallest absolute Gasteiger partial charge is 0.314 e. The van der Waals surface area contributed by atoms with Crippen LogP contribution in [0, 0.1) is 11.7 Å². The number of hydrogen-bond acceptors (Lipinski definition) is 2. The first-order valence-corrected chi connectivity index (χ1v) is 7.78. The van der Waals surface area contributed by atoms with Crippen molar-refractivity contribution in [2.24, 2.45) is 5.92 Å². The second kappa shape index (κ2) is 8.70. The lowest BCUT2D eigenvalue weighted by atomic mass is 9.75. The van der Waals surface area contributed by atoms with E-state index < -0.39 is 17.6 Å². The van der Waals surface area contributed by atoms with Crippen LogP contribution >= 0.6 is 24.8 Å². The van der Waals surface area contributed by atoms with Gasteiger partial charge >= 0.3 is 6.18 Å². The SMILES string of the molecule is Cl.Cl.Fc1ccc([C@@H](C2CCC2)N2CCNCC2)c(C(F)(F)F)c1. The molecule has 8 heteroatoms. The number of piperazine rings is 1. The maximum Gasteiger partial charge on any atom is 0.416 e. The largest absolute Gasteiger partial charge is 0.416 e. The normalized spacial score (nSPS) is 20.5. The first kappa shape index (κ1) is 21.5. The van der Waals surface area contributed by atoms with E-state index in [0.29, 0.717) is 6.07 Å². The molecule has 2 nitrogen and oxygen atoms in total. The molecule has 0 unspecified atom stereocenters. The van der Waals surface area contributed by atoms with Crippen molar-refractivity contribution < 1.29 is 17.6 Å². The van der Waals surface area contributed by atoms with Gasteiger partial charge in [-0.15, -0.1) is 24.8 Å². The third-order valence-electron chi connectivity index (χ3n) is 4.78. The molecule has 24 heavy (non-hydrogen) atoms. The molecular weight excluding hydrogens is 367 g/mol. The third-order valence-corrected chi connectivity index (χ3v) is 4.78. The quantitative estimate of drug-likeness (QED) is 0.770. The molecule has 0 spiro atoms. The van der Waals surface area contributed by atoms with E-state index in [1.54, 1.807) is 0 Å². The maximum absolute atomic E-state index is 13.4. The van der Waals surface area contributed by atoms with E-state index in [1.165, 1.54) is 6.07 Å². The van der Waals surface area contributed by atoms with Crippen LogP contribution in [-0.4, -0.2) is 31.1 Å². The summed E-state index contributed by atoms with van der Waals surface area (Å²) in [5.74, 6) is -0.589. The lowest BCUT2D eigenvalue weighted by Gasteiger charge is -2.44. The number of rotatable bonds is 3. The molecule has 1 aliphatic heterocycles. The summed E-state index contributed by atoms with van der Waals surface area (Å²) in [6.07, 6.45) is -1.56. The number of halogens is 6. The van der Waals surface area contributed by atoms with Gasteiger partial charge in [-0.3, -0.25) is 4.90 Å². The molecule has 1 aromatic rings. The first-order chi connectivity index (χ1) is 10.5. The third kappa shape index (κ3) is 4.54. The summed E-state index contributed by atoms with van der Waals surface area (Å²) in [6, 6.07) is 2.87. The Morgan fingerprint density at radius 2 is 1.71 bits per heavy atom. The van der Waals surface area contributed by atoms with Crippen molar-refractivity contribution in [1.29, 1.82) is 0 Å². The van der Waals surface area contributed by atoms with Crippen molar-refractivity contribution in [2.45, 2.75) is 31.5 Å². The number of alkyl halides is 3. The van der Waals surface area contributed by atoms with Crippen molar-refractivity contribution in [1.82, 2.24) is 10.2 Å². The molecule has 1 saturated carbocycles. The Morgan fingerprint density at radius 1 is 1.08 bits per heavy atom. The van der Waals surface area contributed by atoms with Crippen LogP contribution in [0.1, 0.15) is 36.4 Å². The summed E-state index contributed by atoms with van der Waals surface area (Å²) in [7, 11) is 0. The Labute approximate surface area is 151 Å². The Kier molecular flexibility index (Phi) is 7.78. The molecule has 1 aliphatic carbocycles. The van der Waals surface area contributed by atoms with E-state index in [2.05, 4.69) is 10.2 Å². The van der Waals surface area contributed by atoms with Gasteiger partial charge in [-0.25, -0.2) is 4.39 Å². The van der Waals surface area contributed by atoms with Gasteiger partial charge in [-0.05, 0) is 36.5 Å². The predicted molar refractivity (Wildman–Crippen MR) is 90.4 cm³/mol. The lowest BCUT2D eigenvalue weighted by molar-refractivity contribution is -0.139. The van der Waals surface area contributed by atoms with Crippen molar-refractivity contribution in [2.75, 3.05) is 26.2 Å². The van der Waals surface area contributed by atoms with Gasteiger partial charge in [0.2, 0.25) is 0 Å². The zero-order valence-corrected chi connectivity index (χ0v) is 14.7. The molecule has 0 amide bonds. The minimum atomic E-state index is -4.52. The van der Waals surface area contributed by atoms with Gasteiger partial charge in [-0.2, -0.15) is 13.2 Å². The van der Waals surface area contributed by atoms with E-state index in [4.69, 9.17) is 0 Å². The van der Waals surface area contributed by atoms with Gasteiger partial charge < -0.3 is 5.32 Å². The van der Waals surface area contributed by atoms with E-state index in [-0.39, 0.29) is 42.3 Å². The molecule has 0 bridgehead atoms. The summed E-state index contributed by atoms with van der Waals surface area (Å²) < 4.78 is 53.4. The molecule has 138 valence electrons. The molecule has 1 saturated heterocycles. The monoisotopic (exact) mass is 388 g/mol. The standard InChI is InChI=1S/C16H20F4N2.2ClH/c17-12-4-5-13(14(10-12)16(18,19)20)15(11-2-1-3-11)22-8-6-21-7-9-22;;/h4-5,10-11,15,21H,1-3,6-9H2;2*1H/t15-;;/m1../s1. The van der Waals surface area contributed by atoms with Crippen LogP contribution in [0.2, 0.25) is 0 Å². The average Bonchev–Trinajstić information content (AvgIpc) is 2.43. The summed E-state index contributed by atoms with van der Waals surface area (Å²) in [6.45, 7) is 3.03. The summed E-state index contributed by atoms with van der Waals surface area (Å²) >= 11 is 0. The summed E-state index contributed by atoms with van der Waals surface area (Å²) in [5.41, 5.74) is -0.580. The Balaban J connectivity index is 0.00000144. The second-order valence-corrected chi connectivity index (χ2v) is 6.15. The first-order valence-electron chi connectivity index (χ1n) is 7.78. The Morgan fingerprint density at radius 3 is 2.21 bits per heavy atom. The number of benzene rings is 1. The van der Waals surface area contributed by atoms with Gasteiger partial charge in [0.25, 0.3) is 0 Å².